The van der Waals surface area contributed by atoms with Crippen LogP contribution in [-0.4, -0.2) is 30.3 Å². The molecule has 1 saturated heterocycles. The van der Waals surface area contributed by atoms with Crippen molar-refractivity contribution in [3.63, 3.8) is 0 Å². The van der Waals surface area contributed by atoms with Crippen LogP contribution in [0.25, 0.3) is 0 Å². The third-order valence-corrected chi connectivity index (χ3v) is 4.98. The van der Waals surface area contributed by atoms with Crippen molar-refractivity contribution in [3.05, 3.63) is 71.9 Å². The van der Waals surface area contributed by atoms with Crippen LogP contribution in [0.4, 0.5) is 0 Å². The van der Waals surface area contributed by atoms with Gasteiger partial charge >= 0.3 is 7.12 Å². The Morgan fingerprint density at radius 1 is 1.00 bits per heavy atom. The van der Waals surface area contributed by atoms with Gasteiger partial charge in [-0.1, -0.05) is 30.9 Å². The molecule has 26 heavy (non-hydrogen) atoms. The van der Waals surface area contributed by atoms with Crippen molar-refractivity contribution < 1.29 is 14.0 Å². The minimum atomic E-state index is -0.451. The topological polar surface area (TPSA) is 40.0 Å². The maximum atomic E-state index is 6.17. The molecule has 1 aromatic carbocycles. The molecule has 0 radical (unpaired) electrons. The zero-order valence-corrected chi connectivity index (χ0v) is 16.2. The molecule has 0 saturated carbocycles. The van der Waals surface area contributed by atoms with Gasteiger partial charge in [0.25, 0.3) is 0 Å². The van der Waals surface area contributed by atoms with Crippen molar-refractivity contribution in [2.24, 2.45) is 4.99 Å². The fourth-order valence-corrected chi connectivity index (χ4v) is 2.77. The van der Waals surface area contributed by atoms with E-state index in [1.165, 1.54) is 0 Å². The van der Waals surface area contributed by atoms with Gasteiger partial charge in [-0.05, 0) is 64.4 Å². The number of benzene rings is 1. The van der Waals surface area contributed by atoms with E-state index in [9.17, 15) is 0 Å². The molecule has 4 nitrogen and oxygen atoms in total. The van der Waals surface area contributed by atoms with Gasteiger partial charge in [0.2, 0.25) is 5.90 Å². The summed E-state index contributed by atoms with van der Waals surface area (Å²) in [5, 5.41) is 0. The molecule has 0 aromatic heterocycles. The molecule has 136 valence electrons. The van der Waals surface area contributed by atoms with Crippen LogP contribution in [0.3, 0.4) is 0 Å². The molecular weight excluding hydrogens is 325 g/mol. The number of hydrogen-bond donors (Lipinski definition) is 0. The smallest absolute Gasteiger partial charge is 0.470 e. The van der Waals surface area contributed by atoms with Crippen LogP contribution in [0.5, 0.6) is 0 Å². The Hall–Kier alpha value is -2.11. The van der Waals surface area contributed by atoms with E-state index in [0.717, 1.165) is 11.0 Å². The summed E-state index contributed by atoms with van der Waals surface area (Å²) in [6, 6.07) is 9.83. The second-order valence-electron chi connectivity index (χ2n) is 7.69. The van der Waals surface area contributed by atoms with Crippen LogP contribution in [-0.2, 0) is 14.0 Å². The zero-order chi connectivity index (χ0) is 18.9. The normalized spacial score (nSPS) is 28.1. The van der Waals surface area contributed by atoms with Gasteiger partial charge in [-0.25, -0.2) is 4.99 Å². The number of aliphatic imine (C=N–C) groups is 1. The lowest BCUT2D eigenvalue weighted by molar-refractivity contribution is 0.00578. The summed E-state index contributed by atoms with van der Waals surface area (Å²) in [4.78, 5) is 4.53. The highest BCUT2D eigenvalue weighted by Crippen LogP contribution is 2.39. The third-order valence-electron chi connectivity index (χ3n) is 4.98. The van der Waals surface area contributed by atoms with Crippen molar-refractivity contribution in [3.8, 4) is 0 Å². The first-order valence-corrected chi connectivity index (χ1v) is 8.93. The first kappa shape index (κ1) is 18.7. The van der Waals surface area contributed by atoms with Crippen LogP contribution in [0.2, 0.25) is 0 Å². The SMILES string of the molecule is C=C1/C=C\C(B2OC(C)(C)C(C)(C)O2)=C/C(C)OC(c2ccccc2)=N1. The van der Waals surface area contributed by atoms with Crippen LogP contribution in [0.15, 0.2) is 71.3 Å². The summed E-state index contributed by atoms with van der Waals surface area (Å²) in [5.41, 5.74) is 1.65. The van der Waals surface area contributed by atoms with E-state index in [4.69, 9.17) is 14.0 Å². The molecular formula is C21H26BNO3. The van der Waals surface area contributed by atoms with Gasteiger partial charge in [0, 0.05) is 5.56 Å². The van der Waals surface area contributed by atoms with E-state index >= 15 is 0 Å². The number of nitrogens with zero attached hydrogens (tertiary/aromatic N) is 1. The second-order valence-corrected chi connectivity index (χ2v) is 7.69. The Kier molecular flexibility index (Phi) is 4.95. The van der Waals surface area contributed by atoms with Gasteiger partial charge in [0.05, 0.1) is 16.9 Å². The molecule has 0 bridgehead atoms. The highest BCUT2D eigenvalue weighted by molar-refractivity contribution is 6.55. The Labute approximate surface area is 156 Å². The summed E-state index contributed by atoms with van der Waals surface area (Å²) < 4.78 is 18.4. The van der Waals surface area contributed by atoms with Crippen molar-refractivity contribution in [1.82, 2.24) is 0 Å². The van der Waals surface area contributed by atoms with Crippen LogP contribution in [0, 0.1) is 0 Å². The fourth-order valence-electron chi connectivity index (χ4n) is 2.77. The molecule has 0 amide bonds. The van der Waals surface area contributed by atoms with Crippen LogP contribution < -0.4 is 0 Å². The molecule has 0 spiro atoms. The third kappa shape index (κ3) is 3.84. The van der Waals surface area contributed by atoms with Crippen molar-refractivity contribution in [2.45, 2.75) is 51.9 Å². The maximum absolute atomic E-state index is 6.17. The van der Waals surface area contributed by atoms with Gasteiger partial charge in [0.15, 0.2) is 0 Å². The lowest BCUT2D eigenvalue weighted by Gasteiger charge is -2.32. The predicted octanol–water partition coefficient (Wildman–Crippen LogP) is 4.48. The van der Waals surface area contributed by atoms with E-state index in [2.05, 4.69) is 11.6 Å². The van der Waals surface area contributed by atoms with Gasteiger partial charge < -0.3 is 14.0 Å². The first-order chi connectivity index (χ1) is 12.2. The van der Waals surface area contributed by atoms with Gasteiger partial charge in [-0.3, -0.25) is 0 Å². The van der Waals surface area contributed by atoms with E-state index < -0.39 is 18.3 Å². The number of ether oxygens (including phenoxy) is 1. The highest BCUT2D eigenvalue weighted by atomic mass is 16.7. The summed E-state index contributed by atoms with van der Waals surface area (Å²) in [6.07, 6.45) is 5.62. The molecule has 1 aromatic rings. The van der Waals surface area contributed by atoms with Gasteiger partial charge in [-0.2, -0.15) is 0 Å². The van der Waals surface area contributed by atoms with E-state index in [1.807, 2.05) is 83.2 Å². The minimum absolute atomic E-state index is 0.196. The Morgan fingerprint density at radius 3 is 2.23 bits per heavy atom. The summed E-state index contributed by atoms with van der Waals surface area (Å²) in [7, 11) is -0.451. The van der Waals surface area contributed by atoms with E-state index in [1.54, 1.807) is 0 Å². The number of rotatable bonds is 2. The van der Waals surface area contributed by atoms with Crippen LogP contribution >= 0.6 is 0 Å². The summed E-state index contributed by atoms with van der Waals surface area (Å²) in [6.45, 7) is 14.2. The lowest BCUT2D eigenvalue weighted by Crippen LogP contribution is -2.41. The molecule has 1 atom stereocenters. The maximum Gasteiger partial charge on any atom is 0.494 e. The molecule has 2 heterocycles. The molecule has 1 fully saturated rings. The quantitative estimate of drug-likeness (QED) is 0.738. The van der Waals surface area contributed by atoms with Crippen LogP contribution in [0.1, 0.15) is 40.2 Å². The summed E-state index contributed by atoms with van der Waals surface area (Å²) in [5.74, 6) is 0.555. The molecule has 3 rings (SSSR count). The molecule has 0 N–H and O–H groups in total. The predicted molar refractivity (Wildman–Crippen MR) is 106 cm³/mol. The molecule has 0 aliphatic carbocycles. The zero-order valence-electron chi connectivity index (χ0n) is 16.2. The Balaban J connectivity index is 1.89. The fraction of sp³-hybridized carbons (Fsp3) is 0.381. The summed E-state index contributed by atoms with van der Waals surface area (Å²) >= 11 is 0. The monoisotopic (exact) mass is 351 g/mol. The first-order valence-electron chi connectivity index (χ1n) is 8.93. The van der Waals surface area contributed by atoms with Crippen molar-refractivity contribution >= 4 is 13.0 Å². The van der Waals surface area contributed by atoms with Gasteiger partial charge in [-0.15, -0.1) is 0 Å². The molecule has 2 aliphatic heterocycles. The Bertz CT molecular complexity index is 762. The Morgan fingerprint density at radius 2 is 1.62 bits per heavy atom. The van der Waals surface area contributed by atoms with E-state index in [-0.39, 0.29) is 6.10 Å². The van der Waals surface area contributed by atoms with Crippen molar-refractivity contribution in [2.75, 3.05) is 0 Å². The average Bonchev–Trinajstić information content (AvgIpc) is 2.82. The highest BCUT2D eigenvalue weighted by Gasteiger charge is 2.52. The van der Waals surface area contributed by atoms with Crippen molar-refractivity contribution in [1.29, 1.82) is 0 Å². The largest absolute Gasteiger partial charge is 0.494 e. The standard InChI is InChI=1S/C21H26BNO3/c1-15-12-13-18(22-25-20(3,4)21(5,6)26-22)14-16(2)24-19(23-15)17-10-8-7-9-11-17/h7-14,16H,1H2,2-6H3/b13-12-,18-14+,23-19?. The molecule has 1 unspecified atom stereocenters. The van der Waals surface area contributed by atoms with Gasteiger partial charge in [0.1, 0.15) is 6.10 Å². The molecule has 5 heteroatoms. The number of hydrogen-bond acceptors (Lipinski definition) is 4. The average molecular weight is 351 g/mol. The second kappa shape index (κ2) is 6.90. The lowest BCUT2D eigenvalue weighted by atomic mass is 9.77. The number of allylic oxidation sites excluding steroid dienone is 3. The molecule has 2 aliphatic rings. The minimum Gasteiger partial charge on any atom is -0.470 e. The van der Waals surface area contributed by atoms with E-state index in [0.29, 0.717) is 11.6 Å².